The molecule has 2 aromatic rings. The summed E-state index contributed by atoms with van der Waals surface area (Å²) in [6.07, 6.45) is 4.30. The van der Waals surface area contributed by atoms with Gasteiger partial charge in [-0.1, -0.05) is 0 Å². The van der Waals surface area contributed by atoms with Crippen LogP contribution in [0.1, 0.15) is 20.7 Å². The molecule has 0 bridgehead atoms. The van der Waals surface area contributed by atoms with Crippen molar-refractivity contribution in [1.29, 1.82) is 0 Å². The van der Waals surface area contributed by atoms with E-state index in [4.69, 9.17) is 5.73 Å². The summed E-state index contributed by atoms with van der Waals surface area (Å²) in [5.41, 5.74) is 6.45. The van der Waals surface area contributed by atoms with E-state index in [0.717, 1.165) is 6.26 Å². The molecule has 2 amide bonds. The summed E-state index contributed by atoms with van der Waals surface area (Å²) in [4.78, 5) is 26.1. The summed E-state index contributed by atoms with van der Waals surface area (Å²) < 4.78 is 27.7. The zero-order chi connectivity index (χ0) is 20.2. The molecule has 3 N–H and O–H groups in total. The van der Waals surface area contributed by atoms with Crippen molar-refractivity contribution in [2.45, 2.75) is 0 Å². The van der Waals surface area contributed by atoms with Gasteiger partial charge in [-0.15, -0.1) is 0 Å². The van der Waals surface area contributed by atoms with E-state index >= 15 is 0 Å². The molecule has 0 atom stereocenters. The summed E-state index contributed by atoms with van der Waals surface area (Å²) in [6, 6.07) is 8.19. The maximum absolute atomic E-state index is 12.4. The topological polar surface area (TPSA) is 136 Å². The fourth-order valence-corrected chi connectivity index (χ4v) is 2.31. The Morgan fingerprint density at radius 1 is 1.15 bits per heavy atom. The maximum Gasteiger partial charge on any atom is 0.325 e. The number of carbonyl (C=O) groups is 2. The smallest absolute Gasteiger partial charge is 0.325 e. The van der Waals surface area contributed by atoms with Crippen molar-refractivity contribution in [2.75, 3.05) is 20.4 Å². The lowest BCUT2D eigenvalue weighted by Crippen LogP contribution is -2.37. The van der Waals surface area contributed by atoms with Crippen LogP contribution in [0.2, 0.25) is 0 Å². The van der Waals surface area contributed by atoms with Gasteiger partial charge in [-0.3, -0.25) is 19.2 Å². The first-order valence-electron chi connectivity index (χ1n) is 7.60. The third kappa shape index (κ3) is 5.57. The average molecular weight is 393 g/mol. The van der Waals surface area contributed by atoms with Crippen molar-refractivity contribution in [3.05, 3.63) is 53.9 Å². The molecule has 2 rings (SSSR count). The Labute approximate surface area is 156 Å². The monoisotopic (exact) mass is 393 g/mol. The molecule has 0 spiro atoms. The summed E-state index contributed by atoms with van der Waals surface area (Å²) in [5, 5.41) is 5.32. The Morgan fingerprint density at radius 2 is 1.74 bits per heavy atom. The number of nitrogens with one attached hydrogen (secondary N) is 1. The fourth-order valence-electron chi connectivity index (χ4n) is 2.10. The number of nitrogens with zero attached hydrogens (tertiary/aromatic N) is 3. The molecule has 0 aliphatic carbocycles. The molecule has 1 heterocycles. The van der Waals surface area contributed by atoms with Gasteiger partial charge in [0.1, 0.15) is 0 Å². The maximum atomic E-state index is 12.4. The van der Waals surface area contributed by atoms with E-state index in [1.807, 2.05) is 0 Å². The standard InChI is InChI=1S/C16H19N5O5S/c1-20(2)15(23)12-8-11(9-13(10-12)21-6-4-5-7-21)14(22)18-16(17)19-26-27(3,24)25/h4-10H,1-3H3,(H3,17,18,19,22). The minimum absolute atomic E-state index is 0.129. The summed E-state index contributed by atoms with van der Waals surface area (Å²) >= 11 is 0. The van der Waals surface area contributed by atoms with Gasteiger partial charge in [0.2, 0.25) is 5.96 Å². The average Bonchev–Trinajstić information content (AvgIpc) is 3.12. The van der Waals surface area contributed by atoms with E-state index in [1.54, 1.807) is 55.3 Å². The lowest BCUT2D eigenvalue weighted by atomic mass is 10.1. The van der Waals surface area contributed by atoms with Crippen molar-refractivity contribution in [3.8, 4) is 5.69 Å². The number of aromatic nitrogens is 1. The quantitative estimate of drug-likeness (QED) is 0.420. The predicted octanol–water partition coefficient (Wildman–Crippen LogP) is 0.115. The van der Waals surface area contributed by atoms with Crippen molar-refractivity contribution in [2.24, 2.45) is 10.9 Å². The van der Waals surface area contributed by atoms with Gasteiger partial charge >= 0.3 is 10.1 Å². The highest BCUT2D eigenvalue weighted by molar-refractivity contribution is 7.85. The molecule has 27 heavy (non-hydrogen) atoms. The Morgan fingerprint density at radius 3 is 2.30 bits per heavy atom. The van der Waals surface area contributed by atoms with Crippen LogP contribution in [0.15, 0.2) is 47.9 Å². The molecule has 0 saturated carbocycles. The van der Waals surface area contributed by atoms with Crippen LogP contribution in [-0.2, 0) is 14.4 Å². The second-order valence-corrected chi connectivity index (χ2v) is 7.33. The van der Waals surface area contributed by atoms with Crippen molar-refractivity contribution in [1.82, 2.24) is 14.8 Å². The van der Waals surface area contributed by atoms with Gasteiger partial charge < -0.3 is 15.2 Å². The zero-order valence-corrected chi connectivity index (χ0v) is 15.7. The first-order valence-corrected chi connectivity index (χ1v) is 9.42. The third-order valence-electron chi connectivity index (χ3n) is 3.25. The molecule has 144 valence electrons. The first-order chi connectivity index (χ1) is 12.6. The number of rotatable bonds is 5. The van der Waals surface area contributed by atoms with Gasteiger partial charge in [-0.25, -0.2) is 0 Å². The van der Waals surface area contributed by atoms with Crippen LogP contribution in [0.25, 0.3) is 5.69 Å². The first kappa shape index (κ1) is 20.0. The molecule has 0 unspecified atom stereocenters. The minimum Gasteiger partial charge on any atom is -0.367 e. The molecule has 0 fully saturated rings. The number of oxime groups is 1. The van der Waals surface area contributed by atoms with Crippen LogP contribution in [0.3, 0.4) is 0 Å². The Hall–Kier alpha value is -3.34. The van der Waals surface area contributed by atoms with E-state index < -0.39 is 22.0 Å². The second kappa shape index (κ2) is 7.91. The highest BCUT2D eigenvalue weighted by Crippen LogP contribution is 2.16. The van der Waals surface area contributed by atoms with Crippen molar-refractivity contribution >= 4 is 27.9 Å². The SMILES string of the molecule is CN(C)C(=O)c1cc(C(=O)NC(N)=NOS(C)(=O)=O)cc(-n2cccc2)c1. The van der Waals surface area contributed by atoms with Gasteiger partial charge in [0.05, 0.1) is 6.26 Å². The normalized spacial score (nSPS) is 11.7. The molecule has 1 aromatic carbocycles. The number of carbonyl (C=O) groups excluding carboxylic acids is 2. The van der Waals surface area contributed by atoms with Crippen molar-refractivity contribution < 1.29 is 22.3 Å². The fraction of sp³-hybridized carbons (Fsp3) is 0.188. The van der Waals surface area contributed by atoms with Crippen LogP contribution < -0.4 is 11.1 Å². The highest BCUT2D eigenvalue weighted by Gasteiger charge is 2.16. The number of guanidine groups is 1. The number of hydrogen-bond acceptors (Lipinski definition) is 6. The largest absolute Gasteiger partial charge is 0.367 e. The van der Waals surface area contributed by atoms with Crippen LogP contribution in [0.5, 0.6) is 0 Å². The Balaban J connectivity index is 2.37. The molecular formula is C16H19N5O5S. The molecule has 10 nitrogen and oxygen atoms in total. The lowest BCUT2D eigenvalue weighted by molar-refractivity contribution is 0.0827. The predicted molar refractivity (Wildman–Crippen MR) is 98.8 cm³/mol. The van der Waals surface area contributed by atoms with Gasteiger partial charge in [0.25, 0.3) is 11.8 Å². The molecule has 0 aliphatic heterocycles. The number of nitrogens with two attached hydrogens (primary N) is 1. The Bertz CT molecular complexity index is 981. The number of hydrogen-bond donors (Lipinski definition) is 2. The van der Waals surface area contributed by atoms with Gasteiger partial charge in [0, 0.05) is 43.3 Å². The summed E-state index contributed by atoms with van der Waals surface area (Å²) in [7, 11) is -0.666. The van der Waals surface area contributed by atoms with E-state index in [-0.39, 0.29) is 11.5 Å². The molecule has 1 aromatic heterocycles. The van der Waals surface area contributed by atoms with Crippen LogP contribution in [0, 0.1) is 0 Å². The van der Waals surface area contributed by atoms with E-state index in [9.17, 15) is 18.0 Å². The van der Waals surface area contributed by atoms with Crippen LogP contribution in [-0.4, -0.2) is 56.0 Å². The summed E-state index contributed by atoms with van der Waals surface area (Å²) in [5.74, 6) is -1.52. The summed E-state index contributed by atoms with van der Waals surface area (Å²) in [6.45, 7) is 0. The highest BCUT2D eigenvalue weighted by atomic mass is 32.2. The van der Waals surface area contributed by atoms with Gasteiger partial charge in [-0.05, 0) is 35.5 Å². The van der Waals surface area contributed by atoms with Gasteiger partial charge in [-0.2, -0.15) is 8.42 Å². The lowest BCUT2D eigenvalue weighted by Gasteiger charge is -2.14. The number of amides is 2. The van der Waals surface area contributed by atoms with E-state index in [2.05, 4.69) is 14.8 Å². The van der Waals surface area contributed by atoms with E-state index in [1.165, 1.54) is 11.0 Å². The van der Waals surface area contributed by atoms with E-state index in [0.29, 0.717) is 11.3 Å². The minimum atomic E-state index is -3.86. The molecule has 0 saturated heterocycles. The molecule has 11 heteroatoms. The Kier molecular flexibility index (Phi) is 5.85. The van der Waals surface area contributed by atoms with Gasteiger partial charge in [0.15, 0.2) is 0 Å². The van der Waals surface area contributed by atoms with Crippen LogP contribution >= 0.6 is 0 Å². The molecule has 0 aliphatic rings. The molecule has 0 radical (unpaired) electrons. The van der Waals surface area contributed by atoms with Crippen molar-refractivity contribution in [3.63, 3.8) is 0 Å². The van der Waals surface area contributed by atoms with Crippen LogP contribution in [0.4, 0.5) is 0 Å². The zero-order valence-electron chi connectivity index (χ0n) is 14.9. The second-order valence-electron chi connectivity index (χ2n) is 5.77. The third-order valence-corrected chi connectivity index (χ3v) is 3.59. The molecular weight excluding hydrogens is 374 g/mol. The number of benzene rings is 1.